The molecule has 4 aromatic carbocycles. The summed E-state index contributed by atoms with van der Waals surface area (Å²) in [4.78, 5) is 17.8. The zero-order valence-corrected chi connectivity index (χ0v) is 23.0. The van der Waals surface area contributed by atoms with E-state index < -0.39 is 5.97 Å². The van der Waals surface area contributed by atoms with Crippen LogP contribution in [0.25, 0.3) is 16.8 Å². The lowest BCUT2D eigenvalue weighted by molar-refractivity contribution is -0.138. The van der Waals surface area contributed by atoms with Crippen LogP contribution in [0.2, 0.25) is 0 Å². The number of benzene rings is 4. The minimum absolute atomic E-state index is 0.0557. The molecule has 5 nitrogen and oxygen atoms in total. The van der Waals surface area contributed by atoms with Crippen molar-refractivity contribution < 1.29 is 19.4 Å². The highest BCUT2D eigenvalue weighted by Gasteiger charge is 2.33. The summed E-state index contributed by atoms with van der Waals surface area (Å²) in [5, 5.41) is 13.8. The number of nitrogens with zero attached hydrogens (tertiary/aromatic N) is 1. The van der Waals surface area contributed by atoms with Crippen molar-refractivity contribution in [1.82, 2.24) is 0 Å². The van der Waals surface area contributed by atoms with Gasteiger partial charge >= 0.3 is 5.97 Å². The number of ether oxygens (including phenoxy) is 2. The van der Waals surface area contributed by atoms with Crippen LogP contribution in [-0.4, -0.2) is 22.7 Å². The monoisotopic (exact) mass is 585 g/mol. The lowest BCUT2D eigenvalue weighted by Crippen LogP contribution is -2.12. The lowest BCUT2D eigenvalue weighted by Gasteiger charge is -2.12. The van der Waals surface area contributed by atoms with Gasteiger partial charge in [0, 0.05) is 10.0 Å². The minimum atomic E-state index is -0.614. The number of halogens is 1. The summed E-state index contributed by atoms with van der Waals surface area (Å²) in [6.07, 6.45) is 1.80. The Morgan fingerprint density at radius 3 is 2.58 bits per heavy atom. The minimum Gasteiger partial charge on any atom is -0.506 e. The molecular weight excluding hydrogens is 562 g/mol. The first-order chi connectivity index (χ1) is 18.5. The molecule has 0 spiro atoms. The van der Waals surface area contributed by atoms with E-state index in [1.165, 1.54) is 11.8 Å². The molecule has 0 saturated carbocycles. The Hall–Kier alpha value is -3.81. The van der Waals surface area contributed by atoms with Gasteiger partial charge in [-0.25, -0.2) is 9.79 Å². The Morgan fingerprint density at radius 1 is 1.00 bits per heavy atom. The van der Waals surface area contributed by atoms with Crippen molar-refractivity contribution >= 4 is 61.2 Å². The normalized spacial score (nSPS) is 15.4. The molecule has 1 aliphatic heterocycles. The molecule has 0 amide bonds. The van der Waals surface area contributed by atoms with E-state index in [2.05, 4.69) is 45.2 Å². The molecule has 0 aliphatic carbocycles. The third-order valence-corrected chi connectivity index (χ3v) is 7.39. The third kappa shape index (κ3) is 5.69. The van der Waals surface area contributed by atoms with Crippen LogP contribution in [0.5, 0.6) is 5.75 Å². The van der Waals surface area contributed by atoms with Crippen molar-refractivity contribution in [2.45, 2.75) is 13.5 Å². The van der Waals surface area contributed by atoms with Gasteiger partial charge in [-0.05, 0) is 59.7 Å². The highest BCUT2D eigenvalue weighted by atomic mass is 79.9. The molecule has 0 radical (unpaired) electrons. The van der Waals surface area contributed by atoms with Gasteiger partial charge in [0.15, 0.2) is 0 Å². The summed E-state index contributed by atoms with van der Waals surface area (Å²) >= 11 is 4.75. The molecule has 38 heavy (non-hydrogen) atoms. The summed E-state index contributed by atoms with van der Waals surface area (Å²) in [6, 6.07) is 29.4. The number of carbonyl (C=O) groups excluding carboxylic acids is 1. The van der Waals surface area contributed by atoms with E-state index in [-0.39, 0.29) is 17.9 Å². The first-order valence-electron chi connectivity index (χ1n) is 12.1. The van der Waals surface area contributed by atoms with E-state index in [1.54, 1.807) is 13.0 Å². The zero-order valence-electron chi connectivity index (χ0n) is 20.6. The van der Waals surface area contributed by atoms with Gasteiger partial charge in [0.2, 0.25) is 0 Å². The maximum absolute atomic E-state index is 12.7. The van der Waals surface area contributed by atoms with Crippen LogP contribution in [0, 0.1) is 0 Å². The van der Waals surface area contributed by atoms with Crippen LogP contribution in [0.3, 0.4) is 0 Å². The molecule has 1 heterocycles. The molecule has 0 bridgehead atoms. The van der Waals surface area contributed by atoms with Crippen molar-refractivity contribution in [2.24, 2.45) is 4.99 Å². The average Bonchev–Trinajstić information content (AvgIpc) is 3.23. The first kappa shape index (κ1) is 25.8. The molecular formula is C31H24BrNO4S. The van der Waals surface area contributed by atoms with Gasteiger partial charge in [0.1, 0.15) is 28.7 Å². The molecule has 0 atom stereocenters. The second-order valence-corrected chi connectivity index (χ2v) is 10.4. The second-order valence-electron chi connectivity index (χ2n) is 8.42. The predicted octanol–water partition coefficient (Wildman–Crippen LogP) is 8.37. The number of aliphatic imine (C=N–C) groups is 1. The van der Waals surface area contributed by atoms with E-state index in [0.29, 0.717) is 28.0 Å². The highest BCUT2D eigenvalue weighted by molar-refractivity contribution is 9.10. The second kappa shape index (κ2) is 11.7. The average molecular weight is 587 g/mol. The number of rotatable bonds is 7. The number of carbonyl (C=O) groups is 1. The molecule has 0 aromatic heterocycles. The van der Waals surface area contributed by atoms with Crippen LogP contribution < -0.4 is 4.74 Å². The molecule has 7 heteroatoms. The Kier molecular flexibility index (Phi) is 7.96. The number of aliphatic hydroxyl groups is 1. The molecule has 0 unspecified atom stereocenters. The van der Waals surface area contributed by atoms with Crippen LogP contribution >= 0.6 is 27.7 Å². The van der Waals surface area contributed by atoms with Gasteiger partial charge < -0.3 is 14.6 Å². The number of aliphatic hydroxyl groups excluding tert-OH is 1. The maximum atomic E-state index is 12.7. The highest BCUT2D eigenvalue weighted by Crippen LogP contribution is 2.41. The fourth-order valence-corrected chi connectivity index (χ4v) is 5.50. The van der Waals surface area contributed by atoms with E-state index in [0.717, 1.165) is 26.4 Å². The number of para-hydroxylation sites is 1. The number of fused-ring (bicyclic) bond motifs is 1. The predicted molar refractivity (Wildman–Crippen MR) is 158 cm³/mol. The summed E-state index contributed by atoms with van der Waals surface area (Å²) in [6.45, 7) is 2.29. The Balaban J connectivity index is 1.49. The van der Waals surface area contributed by atoms with E-state index in [1.807, 2.05) is 66.7 Å². The Bertz CT molecular complexity index is 1590. The smallest absolute Gasteiger partial charge is 0.344 e. The molecule has 1 N–H and O–H groups in total. The quantitative estimate of drug-likeness (QED) is 0.221. The molecule has 0 saturated heterocycles. The Morgan fingerprint density at radius 2 is 1.76 bits per heavy atom. The first-order valence-corrected chi connectivity index (χ1v) is 13.7. The molecule has 4 aromatic rings. The van der Waals surface area contributed by atoms with Crippen LogP contribution in [-0.2, 0) is 16.1 Å². The van der Waals surface area contributed by atoms with Gasteiger partial charge in [-0.1, -0.05) is 88.4 Å². The van der Waals surface area contributed by atoms with Gasteiger partial charge in [-0.15, -0.1) is 0 Å². The van der Waals surface area contributed by atoms with Crippen molar-refractivity contribution in [3.8, 4) is 5.75 Å². The SMILES string of the molecule is CCOC(=O)C1=C(O)/C(=C/c2cc(Br)ccc2OCc2cccc3ccccc23)SC1=Nc1ccccc1. The fraction of sp³-hybridized carbons (Fsp3) is 0.0968. The molecule has 0 fully saturated rings. The van der Waals surface area contributed by atoms with Crippen molar-refractivity contribution in [1.29, 1.82) is 0 Å². The number of hydrogen-bond donors (Lipinski definition) is 1. The molecule has 5 rings (SSSR count). The van der Waals surface area contributed by atoms with Gasteiger partial charge in [0.05, 0.1) is 17.2 Å². The molecule has 1 aliphatic rings. The van der Waals surface area contributed by atoms with E-state index in [4.69, 9.17) is 9.47 Å². The summed E-state index contributed by atoms with van der Waals surface area (Å²) in [7, 11) is 0. The summed E-state index contributed by atoms with van der Waals surface area (Å²) in [5.41, 5.74) is 2.55. The summed E-state index contributed by atoms with van der Waals surface area (Å²) < 4.78 is 12.3. The van der Waals surface area contributed by atoms with Gasteiger partial charge in [0.25, 0.3) is 0 Å². The fourth-order valence-electron chi connectivity index (χ4n) is 4.09. The standard InChI is InChI=1S/C31H24BrNO4S/c1-2-36-31(35)28-29(34)27(38-30(28)33-24-12-4-3-5-13-24)18-22-17-23(32)15-16-26(22)37-19-21-11-8-10-20-9-6-7-14-25(20)21/h3-18,34H,2,19H2,1H3/b27-18-,33-30?. The van der Waals surface area contributed by atoms with Gasteiger partial charge in [-0.3, -0.25) is 0 Å². The van der Waals surface area contributed by atoms with Crippen molar-refractivity contribution in [3.63, 3.8) is 0 Å². The summed E-state index contributed by atoms with van der Waals surface area (Å²) in [5.74, 6) is -0.131. The largest absolute Gasteiger partial charge is 0.506 e. The number of hydrogen-bond acceptors (Lipinski definition) is 6. The lowest BCUT2D eigenvalue weighted by atomic mass is 10.1. The molecule has 190 valence electrons. The third-order valence-electron chi connectivity index (χ3n) is 5.88. The van der Waals surface area contributed by atoms with E-state index in [9.17, 15) is 9.90 Å². The van der Waals surface area contributed by atoms with Crippen molar-refractivity contribution in [3.05, 3.63) is 123 Å². The van der Waals surface area contributed by atoms with Crippen LogP contribution in [0.1, 0.15) is 18.1 Å². The number of thioether (sulfide) groups is 1. The van der Waals surface area contributed by atoms with Crippen molar-refractivity contribution in [2.75, 3.05) is 6.61 Å². The van der Waals surface area contributed by atoms with Crippen LogP contribution in [0.4, 0.5) is 5.69 Å². The maximum Gasteiger partial charge on any atom is 0.344 e. The van der Waals surface area contributed by atoms with Crippen LogP contribution in [0.15, 0.2) is 117 Å². The number of esters is 1. The zero-order chi connectivity index (χ0) is 26.5. The Labute approximate surface area is 233 Å². The topological polar surface area (TPSA) is 68.1 Å². The van der Waals surface area contributed by atoms with E-state index >= 15 is 0 Å². The van der Waals surface area contributed by atoms with Gasteiger partial charge in [-0.2, -0.15) is 0 Å².